The smallest absolute Gasteiger partial charge is 0.310 e. The summed E-state index contributed by atoms with van der Waals surface area (Å²) in [5, 5.41) is 0.745. The minimum atomic E-state index is -1.60. The van der Waals surface area contributed by atoms with E-state index in [2.05, 4.69) is 4.72 Å². The highest BCUT2D eigenvalue weighted by Gasteiger charge is 2.31. The van der Waals surface area contributed by atoms with Crippen LogP contribution in [0.5, 0.6) is 5.75 Å². The number of hydrogen-bond donors (Lipinski definition) is 1. The molecule has 0 saturated carbocycles. The summed E-state index contributed by atoms with van der Waals surface area (Å²) in [6.45, 7) is 6.54. The summed E-state index contributed by atoms with van der Waals surface area (Å²) in [7, 11) is 0. The Morgan fingerprint density at radius 3 is 2.60 bits per heavy atom. The van der Waals surface area contributed by atoms with Crippen molar-refractivity contribution in [2.75, 3.05) is 13.3 Å². The van der Waals surface area contributed by atoms with Gasteiger partial charge in [-0.05, 0) is 57.5 Å². The number of benzene rings is 3. The molecule has 1 aromatic heterocycles. The molecule has 0 radical (unpaired) electrons. The zero-order chi connectivity index (χ0) is 28.9. The second kappa shape index (κ2) is 12.8. The number of carbonyl (C=O) groups excluding carboxylic acids is 1. The first-order valence-corrected chi connectivity index (χ1v) is 14.2. The molecule has 0 aliphatic carbocycles. The maximum Gasteiger partial charge on any atom is 0.310 e. The van der Waals surface area contributed by atoms with Crippen molar-refractivity contribution in [2.24, 2.45) is 0 Å². The normalized spacial score (nSPS) is 13.3. The lowest BCUT2D eigenvalue weighted by Crippen LogP contribution is -2.42. The summed E-state index contributed by atoms with van der Waals surface area (Å²) >= 11 is -1.60. The second-order valence-electron chi connectivity index (χ2n) is 10.3. The maximum atomic E-state index is 16.0. The van der Waals surface area contributed by atoms with Crippen molar-refractivity contribution in [2.45, 2.75) is 51.5 Å². The van der Waals surface area contributed by atoms with Gasteiger partial charge in [0.1, 0.15) is 41.2 Å². The minimum absolute atomic E-state index is 0.0758. The number of halogens is 2. The van der Waals surface area contributed by atoms with E-state index in [9.17, 15) is 13.7 Å². The Morgan fingerprint density at radius 2 is 1.88 bits per heavy atom. The van der Waals surface area contributed by atoms with Crippen molar-refractivity contribution in [3.8, 4) is 16.9 Å². The van der Waals surface area contributed by atoms with Crippen LogP contribution in [0.2, 0.25) is 0 Å². The van der Waals surface area contributed by atoms with Crippen molar-refractivity contribution in [1.29, 1.82) is 0 Å². The molecular weight excluding hydrogens is 536 g/mol. The minimum Gasteiger partial charge on any atom is -0.598 e. The van der Waals surface area contributed by atoms with Crippen LogP contribution in [0.15, 0.2) is 71.3 Å². The summed E-state index contributed by atoms with van der Waals surface area (Å²) in [4.78, 5) is 12.0. The average Bonchev–Trinajstić information content (AvgIpc) is 3.39. The molecule has 1 heterocycles. The summed E-state index contributed by atoms with van der Waals surface area (Å²) in [5.41, 5.74) is 2.70. The molecule has 212 valence electrons. The monoisotopic (exact) mass is 569 g/mol. The van der Waals surface area contributed by atoms with Crippen molar-refractivity contribution >= 4 is 28.3 Å². The summed E-state index contributed by atoms with van der Waals surface area (Å²) in [6, 6.07) is 16.3. The Hall–Kier alpha value is -3.40. The van der Waals surface area contributed by atoms with E-state index in [1.165, 1.54) is 12.3 Å². The summed E-state index contributed by atoms with van der Waals surface area (Å²) in [6.07, 6.45) is 1.60. The van der Waals surface area contributed by atoms with E-state index < -0.39 is 34.6 Å². The van der Waals surface area contributed by atoms with Gasteiger partial charge < -0.3 is 18.4 Å². The zero-order valence-corrected chi connectivity index (χ0v) is 23.8. The molecule has 3 aromatic carbocycles. The zero-order valence-electron chi connectivity index (χ0n) is 23.0. The third kappa shape index (κ3) is 6.83. The average molecular weight is 570 g/mol. The standard InChI is InChI=1S/C31H33F2NO5S/c1-5-37-28(35)17-21-9-6-7-12-27(21)39-19-20-15-22-13-14-38-30(22)25(16-20)23-10-8-11-24(29(23)33)26(18-32)34-40(36)31(2,3)4/h6-16,26,34H,5,17-19H2,1-4H3/t26-,40?/m0/s1. The molecule has 0 aliphatic heterocycles. The molecule has 1 unspecified atom stereocenters. The maximum absolute atomic E-state index is 16.0. The van der Waals surface area contributed by atoms with E-state index in [4.69, 9.17) is 13.9 Å². The molecule has 9 heteroatoms. The first-order valence-electron chi connectivity index (χ1n) is 13.0. The molecule has 4 aromatic rings. The number of rotatable bonds is 11. The number of carbonyl (C=O) groups is 1. The Labute approximate surface area is 236 Å². The highest BCUT2D eigenvalue weighted by molar-refractivity contribution is 7.90. The molecule has 40 heavy (non-hydrogen) atoms. The molecule has 0 saturated heterocycles. The topological polar surface area (TPSA) is 83.8 Å². The van der Waals surface area contributed by atoms with Crippen LogP contribution in [-0.4, -0.2) is 28.6 Å². The van der Waals surface area contributed by atoms with Gasteiger partial charge in [-0.2, -0.15) is 0 Å². The molecule has 0 fully saturated rings. The van der Waals surface area contributed by atoms with Gasteiger partial charge in [-0.15, -0.1) is 4.72 Å². The first-order chi connectivity index (χ1) is 19.1. The third-order valence-corrected chi connectivity index (χ3v) is 7.88. The van der Waals surface area contributed by atoms with E-state index in [0.717, 1.165) is 10.9 Å². The van der Waals surface area contributed by atoms with Gasteiger partial charge in [0.2, 0.25) is 0 Å². The molecule has 4 rings (SSSR count). The lowest BCUT2D eigenvalue weighted by atomic mass is 9.96. The quantitative estimate of drug-likeness (QED) is 0.155. The van der Waals surface area contributed by atoms with Gasteiger partial charge in [0.25, 0.3) is 0 Å². The molecular formula is C31H33F2NO5S. The van der Waals surface area contributed by atoms with E-state index in [0.29, 0.717) is 29.1 Å². The van der Waals surface area contributed by atoms with Gasteiger partial charge in [-0.3, -0.25) is 4.79 Å². The van der Waals surface area contributed by atoms with Crippen LogP contribution in [0.25, 0.3) is 22.1 Å². The predicted octanol–water partition coefficient (Wildman–Crippen LogP) is 6.99. The van der Waals surface area contributed by atoms with Gasteiger partial charge in [-0.1, -0.05) is 36.4 Å². The molecule has 0 aliphatic rings. The largest absolute Gasteiger partial charge is 0.598 e. The van der Waals surface area contributed by atoms with Crippen molar-refractivity contribution in [3.05, 3.63) is 89.4 Å². The predicted molar refractivity (Wildman–Crippen MR) is 152 cm³/mol. The summed E-state index contributed by atoms with van der Waals surface area (Å²) in [5.74, 6) is -0.427. The SMILES string of the molecule is CCOC(=O)Cc1ccccc1OCc1cc(-c2cccc([C@H](CF)N[S+]([O-])C(C)(C)C)c2F)c2occc2c1. The van der Waals surface area contributed by atoms with Crippen molar-refractivity contribution in [1.82, 2.24) is 4.72 Å². The van der Waals surface area contributed by atoms with Crippen molar-refractivity contribution < 1.29 is 32.0 Å². The number of alkyl halides is 1. The highest BCUT2D eigenvalue weighted by atomic mass is 32.2. The van der Waals surface area contributed by atoms with E-state index in [1.54, 1.807) is 64.1 Å². The number of para-hydroxylation sites is 1. The molecule has 0 spiro atoms. The fraction of sp³-hybridized carbons (Fsp3) is 0.323. The van der Waals surface area contributed by atoms with Crippen LogP contribution in [0.1, 0.15) is 50.4 Å². The van der Waals surface area contributed by atoms with E-state index >= 15 is 4.39 Å². The van der Waals surface area contributed by atoms with Crippen LogP contribution < -0.4 is 9.46 Å². The molecule has 0 bridgehead atoms. The molecule has 6 nitrogen and oxygen atoms in total. The van der Waals surface area contributed by atoms with Crippen LogP contribution in [0, 0.1) is 5.82 Å². The van der Waals surface area contributed by atoms with Gasteiger partial charge in [-0.25, -0.2) is 8.78 Å². The highest BCUT2D eigenvalue weighted by Crippen LogP contribution is 2.36. The van der Waals surface area contributed by atoms with Crippen LogP contribution in [0.4, 0.5) is 8.78 Å². The molecule has 0 amide bonds. The Morgan fingerprint density at radius 1 is 1.10 bits per heavy atom. The van der Waals surface area contributed by atoms with Gasteiger partial charge >= 0.3 is 5.97 Å². The van der Waals surface area contributed by atoms with Gasteiger partial charge in [0, 0.05) is 39.0 Å². The van der Waals surface area contributed by atoms with Gasteiger partial charge in [0.05, 0.1) is 19.3 Å². The molecule has 2 atom stereocenters. The Balaban J connectivity index is 1.65. The number of fused-ring (bicyclic) bond motifs is 1. The van der Waals surface area contributed by atoms with Crippen LogP contribution in [-0.2, 0) is 33.9 Å². The molecule has 1 N–H and O–H groups in total. The number of hydrogen-bond acceptors (Lipinski definition) is 6. The lowest BCUT2D eigenvalue weighted by Gasteiger charge is -2.27. The van der Waals surface area contributed by atoms with Gasteiger partial charge in [0.15, 0.2) is 0 Å². The fourth-order valence-electron chi connectivity index (χ4n) is 4.26. The number of furan rings is 1. The second-order valence-corrected chi connectivity index (χ2v) is 12.3. The lowest BCUT2D eigenvalue weighted by molar-refractivity contribution is -0.142. The first kappa shape index (κ1) is 29.6. The third-order valence-electron chi connectivity index (χ3n) is 6.27. The van der Waals surface area contributed by atoms with Crippen LogP contribution in [0.3, 0.4) is 0 Å². The Kier molecular flexibility index (Phi) is 9.50. The summed E-state index contributed by atoms with van der Waals surface area (Å²) < 4.78 is 61.6. The number of nitrogens with one attached hydrogen (secondary N) is 1. The Bertz CT molecular complexity index is 1470. The van der Waals surface area contributed by atoms with Crippen LogP contribution >= 0.6 is 0 Å². The number of ether oxygens (including phenoxy) is 2. The van der Waals surface area contributed by atoms with Crippen molar-refractivity contribution in [3.63, 3.8) is 0 Å². The fourth-order valence-corrected chi connectivity index (χ4v) is 5.06. The van der Waals surface area contributed by atoms with E-state index in [1.807, 2.05) is 18.2 Å². The number of esters is 1. The van der Waals surface area contributed by atoms with E-state index in [-0.39, 0.29) is 30.1 Å².